The minimum Gasteiger partial charge on any atom is -0.324 e. The first-order chi connectivity index (χ1) is 11.6. The molecule has 25 heavy (non-hydrogen) atoms. The Morgan fingerprint density at radius 3 is 2.32 bits per heavy atom. The lowest BCUT2D eigenvalue weighted by Gasteiger charge is -2.28. The number of nitrogens with zero attached hydrogens (tertiary/aromatic N) is 1. The van der Waals surface area contributed by atoms with Gasteiger partial charge in [0.1, 0.15) is 6.04 Å². The van der Waals surface area contributed by atoms with Gasteiger partial charge in [0.15, 0.2) is 0 Å². The van der Waals surface area contributed by atoms with Crippen LogP contribution in [0.2, 0.25) is 5.02 Å². The van der Waals surface area contributed by atoms with Crippen molar-refractivity contribution in [2.24, 2.45) is 0 Å². The summed E-state index contributed by atoms with van der Waals surface area (Å²) < 4.78 is 26.5. The van der Waals surface area contributed by atoms with Crippen molar-refractivity contribution in [3.63, 3.8) is 0 Å². The summed E-state index contributed by atoms with van der Waals surface area (Å²) in [6.45, 7) is 3.35. The number of rotatable bonds is 5. The van der Waals surface area contributed by atoms with Crippen molar-refractivity contribution in [1.29, 1.82) is 0 Å². The Morgan fingerprint density at radius 1 is 1.20 bits per heavy atom. The SMILES string of the molecule is Cc1ccc(N([C@@H](C)C(=O)Nc2ccc(Br)cc2)S(C)(=O)=O)cc1Cl. The molecule has 1 N–H and O–H groups in total. The highest BCUT2D eigenvalue weighted by Gasteiger charge is 2.29. The zero-order chi connectivity index (χ0) is 18.8. The summed E-state index contributed by atoms with van der Waals surface area (Å²) in [5.74, 6) is -0.440. The number of amides is 1. The van der Waals surface area contributed by atoms with E-state index in [4.69, 9.17) is 11.6 Å². The molecule has 0 unspecified atom stereocenters. The highest BCUT2D eigenvalue weighted by molar-refractivity contribution is 9.10. The van der Waals surface area contributed by atoms with Gasteiger partial charge in [0.05, 0.1) is 11.9 Å². The molecule has 134 valence electrons. The molecule has 0 aliphatic carbocycles. The van der Waals surface area contributed by atoms with Crippen LogP contribution in [0, 0.1) is 6.92 Å². The lowest BCUT2D eigenvalue weighted by Crippen LogP contribution is -2.45. The number of benzene rings is 2. The third-order valence-electron chi connectivity index (χ3n) is 3.61. The van der Waals surface area contributed by atoms with E-state index in [0.29, 0.717) is 16.4 Å². The summed E-state index contributed by atoms with van der Waals surface area (Å²) in [5, 5.41) is 3.16. The van der Waals surface area contributed by atoms with Gasteiger partial charge in [-0.15, -0.1) is 0 Å². The Balaban J connectivity index is 2.32. The summed E-state index contributed by atoms with van der Waals surface area (Å²) >= 11 is 9.43. The summed E-state index contributed by atoms with van der Waals surface area (Å²) in [6, 6.07) is 11.0. The van der Waals surface area contributed by atoms with Gasteiger partial charge < -0.3 is 5.32 Å². The summed E-state index contributed by atoms with van der Waals surface area (Å²) in [7, 11) is -3.68. The Morgan fingerprint density at radius 2 is 1.80 bits per heavy atom. The highest BCUT2D eigenvalue weighted by Crippen LogP contribution is 2.27. The van der Waals surface area contributed by atoms with Gasteiger partial charge in [-0.1, -0.05) is 33.6 Å². The second-order valence-electron chi connectivity index (χ2n) is 5.66. The number of halogens is 2. The monoisotopic (exact) mass is 444 g/mol. The minimum absolute atomic E-state index is 0.344. The molecular formula is C17H18BrClN2O3S. The fourth-order valence-electron chi connectivity index (χ4n) is 2.31. The molecule has 0 aliphatic rings. The van der Waals surface area contributed by atoms with Crippen LogP contribution in [0.1, 0.15) is 12.5 Å². The van der Waals surface area contributed by atoms with Crippen LogP contribution in [0.5, 0.6) is 0 Å². The average molecular weight is 446 g/mol. The minimum atomic E-state index is -3.68. The van der Waals surface area contributed by atoms with Crippen LogP contribution in [-0.4, -0.2) is 26.6 Å². The van der Waals surface area contributed by atoms with Gasteiger partial charge >= 0.3 is 0 Å². The molecule has 1 amide bonds. The molecule has 2 rings (SSSR count). The first-order valence-electron chi connectivity index (χ1n) is 7.41. The number of anilines is 2. The van der Waals surface area contributed by atoms with E-state index in [9.17, 15) is 13.2 Å². The van der Waals surface area contributed by atoms with Crippen molar-refractivity contribution >= 4 is 54.8 Å². The number of nitrogens with one attached hydrogen (secondary N) is 1. The second kappa shape index (κ2) is 7.76. The van der Waals surface area contributed by atoms with Gasteiger partial charge in [0.25, 0.3) is 0 Å². The van der Waals surface area contributed by atoms with Crippen LogP contribution < -0.4 is 9.62 Å². The molecule has 1 atom stereocenters. The number of hydrogen-bond donors (Lipinski definition) is 1. The molecule has 0 saturated carbocycles. The molecule has 0 saturated heterocycles. The van der Waals surface area contributed by atoms with Crippen LogP contribution in [0.3, 0.4) is 0 Å². The Hall–Kier alpha value is -1.57. The maximum absolute atomic E-state index is 12.5. The van der Waals surface area contributed by atoms with E-state index in [0.717, 1.165) is 20.6 Å². The first kappa shape index (κ1) is 19.8. The Bertz CT molecular complexity index is 885. The topological polar surface area (TPSA) is 66.5 Å². The number of sulfonamides is 1. The molecule has 0 spiro atoms. The molecule has 0 bridgehead atoms. The molecule has 8 heteroatoms. The van der Waals surface area contributed by atoms with Crippen molar-refractivity contribution < 1.29 is 13.2 Å². The second-order valence-corrected chi connectivity index (χ2v) is 8.85. The largest absolute Gasteiger partial charge is 0.324 e. The van der Waals surface area contributed by atoms with E-state index in [1.807, 2.05) is 6.92 Å². The molecule has 2 aromatic rings. The van der Waals surface area contributed by atoms with E-state index < -0.39 is 22.0 Å². The fourth-order valence-corrected chi connectivity index (χ4v) is 3.91. The normalized spacial score (nSPS) is 12.5. The number of hydrogen-bond acceptors (Lipinski definition) is 3. The Labute approximate surface area is 161 Å². The molecular weight excluding hydrogens is 428 g/mol. The molecule has 0 aliphatic heterocycles. The summed E-state index contributed by atoms with van der Waals surface area (Å²) in [5.41, 5.74) is 1.75. The molecule has 0 fully saturated rings. The molecule has 0 aromatic heterocycles. The lowest BCUT2D eigenvalue weighted by molar-refractivity contribution is -0.116. The van der Waals surface area contributed by atoms with Crippen LogP contribution in [0.4, 0.5) is 11.4 Å². The van der Waals surface area contributed by atoms with E-state index in [1.165, 1.54) is 6.92 Å². The Kier molecular flexibility index (Phi) is 6.13. The van der Waals surface area contributed by atoms with Crippen LogP contribution >= 0.6 is 27.5 Å². The zero-order valence-electron chi connectivity index (χ0n) is 14.0. The molecule has 0 radical (unpaired) electrons. The van der Waals surface area contributed by atoms with E-state index in [2.05, 4.69) is 21.2 Å². The maximum Gasteiger partial charge on any atom is 0.247 e. The van der Waals surface area contributed by atoms with E-state index >= 15 is 0 Å². The first-order valence-corrected chi connectivity index (χ1v) is 10.4. The standard InChI is InChI=1S/C17H18BrClN2O3S/c1-11-4-9-15(10-16(11)19)21(25(3,23)24)12(2)17(22)20-14-7-5-13(18)6-8-14/h4-10,12H,1-3H3,(H,20,22)/t12-/m0/s1. The third kappa shape index (κ3) is 4.96. The highest BCUT2D eigenvalue weighted by atomic mass is 79.9. The zero-order valence-corrected chi connectivity index (χ0v) is 17.1. The van der Waals surface area contributed by atoms with Crippen molar-refractivity contribution in [2.75, 3.05) is 15.9 Å². The predicted octanol–water partition coefficient (Wildman–Crippen LogP) is 4.20. The van der Waals surface area contributed by atoms with E-state index in [-0.39, 0.29) is 0 Å². The predicted molar refractivity (Wildman–Crippen MR) is 106 cm³/mol. The molecule has 5 nitrogen and oxygen atoms in total. The smallest absolute Gasteiger partial charge is 0.247 e. The van der Waals surface area contributed by atoms with Gasteiger partial charge in [-0.25, -0.2) is 8.42 Å². The van der Waals surface area contributed by atoms with Crippen molar-refractivity contribution in [1.82, 2.24) is 0 Å². The quantitative estimate of drug-likeness (QED) is 0.750. The van der Waals surface area contributed by atoms with Crippen molar-refractivity contribution in [3.8, 4) is 0 Å². The van der Waals surface area contributed by atoms with Crippen LogP contribution in [-0.2, 0) is 14.8 Å². The van der Waals surface area contributed by atoms with Gasteiger partial charge in [-0.2, -0.15) is 0 Å². The number of aryl methyl sites for hydroxylation is 1. The maximum atomic E-state index is 12.5. The summed E-state index contributed by atoms with van der Waals surface area (Å²) in [4.78, 5) is 12.5. The van der Waals surface area contributed by atoms with Crippen LogP contribution in [0.25, 0.3) is 0 Å². The van der Waals surface area contributed by atoms with Crippen molar-refractivity contribution in [2.45, 2.75) is 19.9 Å². The van der Waals surface area contributed by atoms with Gasteiger partial charge in [0, 0.05) is 15.2 Å². The third-order valence-corrected chi connectivity index (χ3v) is 5.79. The van der Waals surface area contributed by atoms with Gasteiger partial charge in [-0.05, 0) is 55.8 Å². The van der Waals surface area contributed by atoms with Crippen molar-refractivity contribution in [3.05, 3.63) is 57.5 Å². The average Bonchev–Trinajstić information content (AvgIpc) is 2.51. The number of carbonyl (C=O) groups excluding carboxylic acids is 1. The molecule has 0 heterocycles. The van der Waals surface area contributed by atoms with Gasteiger partial charge in [0.2, 0.25) is 15.9 Å². The fraction of sp³-hybridized carbons (Fsp3) is 0.235. The van der Waals surface area contributed by atoms with Crippen LogP contribution in [0.15, 0.2) is 46.9 Å². The molecule has 2 aromatic carbocycles. The van der Waals surface area contributed by atoms with Gasteiger partial charge in [-0.3, -0.25) is 9.10 Å². The lowest BCUT2D eigenvalue weighted by atomic mass is 10.2. The number of carbonyl (C=O) groups is 1. The van der Waals surface area contributed by atoms with E-state index in [1.54, 1.807) is 42.5 Å². The summed E-state index contributed by atoms with van der Waals surface area (Å²) in [6.07, 6.45) is 1.06.